The summed E-state index contributed by atoms with van der Waals surface area (Å²) in [6, 6.07) is 15.4. The summed E-state index contributed by atoms with van der Waals surface area (Å²) in [6.07, 6.45) is 3.36. The van der Waals surface area contributed by atoms with E-state index in [1.807, 2.05) is 55.5 Å². The standard InChI is InChI=1S/C17H14N2O/c1-3-13(12-19-18-2)16-11-15(9-10-17(16)20)14-7-5-4-6-8-14/h2-12H,1H3/p+1. The molecule has 0 unspecified atom stereocenters. The van der Waals surface area contributed by atoms with Gasteiger partial charge >= 0.3 is 6.57 Å². The zero-order valence-corrected chi connectivity index (χ0v) is 11.2. The first-order valence-electron chi connectivity index (χ1n) is 6.24. The van der Waals surface area contributed by atoms with Gasteiger partial charge in [0.1, 0.15) is 22.0 Å². The Morgan fingerprint density at radius 3 is 2.55 bits per heavy atom. The quantitative estimate of drug-likeness (QED) is 0.646. The van der Waals surface area contributed by atoms with Crippen LogP contribution in [0, 0.1) is 6.57 Å². The summed E-state index contributed by atoms with van der Waals surface area (Å²) < 4.78 is 0. The van der Waals surface area contributed by atoms with Crippen LogP contribution in [0.4, 0.5) is 0 Å². The molecule has 0 radical (unpaired) electrons. The molecule has 1 N–H and O–H groups in total. The van der Waals surface area contributed by atoms with Crippen LogP contribution < -0.4 is 0 Å². The molecule has 0 aliphatic heterocycles. The van der Waals surface area contributed by atoms with E-state index >= 15 is 0 Å². The van der Waals surface area contributed by atoms with Gasteiger partial charge in [0.25, 0.3) is 0 Å². The normalized spacial score (nSPS) is 11.5. The zero-order chi connectivity index (χ0) is 14.4. The Morgan fingerprint density at radius 1 is 1.15 bits per heavy atom. The molecule has 0 aliphatic carbocycles. The molecule has 0 aliphatic rings. The van der Waals surface area contributed by atoms with Crippen molar-refractivity contribution in [2.24, 2.45) is 5.10 Å². The average molecular weight is 263 g/mol. The van der Waals surface area contributed by atoms with Crippen molar-refractivity contribution in [1.82, 2.24) is 0 Å². The highest BCUT2D eigenvalue weighted by Crippen LogP contribution is 2.30. The lowest BCUT2D eigenvalue weighted by Crippen LogP contribution is -1.88. The van der Waals surface area contributed by atoms with Gasteiger partial charge in [-0.15, -0.1) is 0 Å². The molecule has 0 spiro atoms. The molecule has 2 aromatic rings. The van der Waals surface area contributed by atoms with E-state index in [1.165, 1.54) is 6.21 Å². The van der Waals surface area contributed by atoms with Crippen LogP contribution in [-0.4, -0.2) is 11.3 Å². The third-order valence-electron chi connectivity index (χ3n) is 2.99. The van der Waals surface area contributed by atoms with Gasteiger partial charge in [0.2, 0.25) is 0 Å². The molecule has 0 fully saturated rings. The third kappa shape index (κ3) is 2.93. The summed E-state index contributed by atoms with van der Waals surface area (Å²) in [6.45, 7) is 6.87. The van der Waals surface area contributed by atoms with Gasteiger partial charge in [-0.2, -0.15) is 0 Å². The zero-order valence-electron chi connectivity index (χ0n) is 11.2. The Hall–Kier alpha value is -2.86. The fourth-order valence-corrected chi connectivity index (χ4v) is 1.97. The smallest absolute Gasteiger partial charge is 0.307 e. The van der Waals surface area contributed by atoms with E-state index in [-0.39, 0.29) is 5.75 Å². The van der Waals surface area contributed by atoms with Gasteiger partial charge in [0.15, 0.2) is 0 Å². The summed E-state index contributed by atoms with van der Waals surface area (Å²) in [4.78, 5) is 3.21. The first-order chi connectivity index (χ1) is 9.76. The SMILES string of the molecule is C#[N+]N=CC(=CC)c1cc(-c2ccccc2)ccc1O. The average Bonchev–Trinajstić information content (AvgIpc) is 2.50. The molecule has 0 saturated heterocycles. The second kappa shape index (κ2) is 6.35. The fraction of sp³-hybridized carbons (Fsp3) is 0.0588. The molecule has 0 atom stereocenters. The Labute approximate surface area is 118 Å². The minimum atomic E-state index is 0.196. The van der Waals surface area contributed by atoms with Crippen LogP contribution in [-0.2, 0) is 0 Å². The number of hydrogen-bond donors (Lipinski definition) is 1. The number of nitrogens with zero attached hydrogens (tertiary/aromatic N) is 2. The van der Waals surface area contributed by atoms with E-state index in [4.69, 9.17) is 6.57 Å². The summed E-state index contributed by atoms with van der Waals surface area (Å²) in [5.74, 6) is 0.196. The Bertz CT molecular complexity index is 695. The van der Waals surface area contributed by atoms with Gasteiger partial charge in [0.05, 0.1) is 0 Å². The summed E-state index contributed by atoms with van der Waals surface area (Å²) in [5, 5.41) is 13.7. The van der Waals surface area contributed by atoms with Crippen molar-refractivity contribution in [2.75, 3.05) is 0 Å². The topological polar surface area (TPSA) is 37.0 Å². The molecule has 0 saturated carbocycles. The lowest BCUT2D eigenvalue weighted by atomic mass is 9.98. The largest absolute Gasteiger partial charge is 0.507 e. The van der Waals surface area contributed by atoms with E-state index < -0.39 is 0 Å². The Balaban J connectivity index is 2.50. The van der Waals surface area contributed by atoms with Crippen molar-refractivity contribution in [3.63, 3.8) is 0 Å². The number of benzene rings is 2. The molecule has 3 heteroatoms. The maximum absolute atomic E-state index is 10.0. The van der Waals surface area contributed by atoms with Crippen molar-refractivity contribution < 1.29 is 5.11 Å². The molecule has 0 aromatic heterocycles. The van der Waals surface area contributed by atoms with E-state index in [1.54, 1.807) is 6.07 Å². The number of phenolic OH excluding ortho intramolecular Hbond substituents is 1. The number of aromatic hydroxyl groups is 1. The van der Waals surface area contributed by atoms with E-state index in [2.05, 4.69) is 10.1 Å². The summed E-state index contributed by atoms with van der Waals surface area (Å²) >= 11 is 0. The van der Waals surface area contributed by atoms with Crippen LogP contribution in [0.2, 0.25) is 0 Å². The lowest BCUT2D eigenvalue weighted by Gasteiger charge is -2.08. The highest BCUT2D eigenvalue weighted by atomic mass is 16.3. The molecule has 20 heavy (non-hydrogen) atoms. The Kier molecular flexibility index (Phi) is 4.31. The van der Waals surface area contributed by atoms with Gasteiger partial charge in [-0.25, -0.2) is 0 Å². The number of rotatable bonds is 3. The summed E-state index contributed by atoms with van der Waals surface area (Å²) in [7, 11) is 0. The molecule has 2 rings (SSSR count). The van der Waals surface area contributed by atoms with Crippen molar-refractivity contribution >= 4 is 11.8 Å². The van der Waals surface area contributed by atoms with Crippen molar-refractivity contribution in [1.29, 1.82) is 0 Å². The number of allylic oxidation sites excluding steroid dienone is 2. The van der Waals surface area contributed by atoms with Crippen LogP contribution in [0.15, 0.2) is 59.7 Å². The first-order valence-corrected chi connectivity index (χ1v) is 6.24. The molecular formula is C17H15N2O+. The van der Waals surface area contributed by atoms with Crippen LogP contribution in [0.5, 0.6) is 5.75 Å². The van der Waals surface area contributed by atoms with Crippen LogP contribution in [0.1, 0.15) is 12.5 Å². The van der Waals surface area contributed by atoms with E-state index in [9.17, 15) is 5.11 Å². The van der Waals surface area contributed by atoms with Crippen molar-refractivity contribution in [3.05, 3.63) is 65.1 Å². The van der Waals surface area contributed by atoms with Gasteiger partial charge in [-0.3, -0.25) is 0 Å². The van der Waals surface area contributed by atoms with Crippen LogP contribution >= 0.6 is 0 Å². The maximum atomic E-state index is 10.0. The number of hydrogen-bond acceptors (Lipinski definition) is 2. The molecule has 98 valence electrons. The predicted octanol–water partition coefficient (Wildman–Crippen LogP) is 4.41. The van der Waals surface area contributed by atoms with Crippen molar-refractivity contribution in [3.8, 4) is 23.4 Å². The van der Waals surface area contributed by atoms with Gasteiger partial charge in [0, 0.05) is 11.1 Å². The minimum Gasteiger partial charge on any atom is -0.507 e. The van der Waals surface area contributed by atoms with E-state index in [0.29, 0.717) is 5.56 Å². The monoisotopic (exact) mass is 263 g/mol. The third-order valence-corrected chi connectivity index (χ3v) is 2.99. The minimum absolute atomic E-state index is 0.196. The maximum Gasteiger partial charge on any atom is 0.307 e. The van der Waals surface area contributed by atoms with Gasteiger partial charge in [-0.05, 0) is 30.2 Å². The second-order valence-corrected chi connectivity index (χ2v) is 4.20. The number of phenols is 1. The highest BCUT2D eigenvalue weighted by molar-refractivity contribution is 6.11. The van der Waals surface area contributed by atoms with Gasteiger partial charge in [-0.1, -0.05) is 42.5 Å². The van der Waals surface area contributed by atoms with Crippen LogP contribution in [0.3, 0.4) is 0 Å². The predicted molar refractivity (Wildman–Crippen MR) is 84.0 cm³/mol. The molecule has 0 heterocycles. The molecule has 0 bridgehead atoms. The second-order valence-electron chi connectivity index (χ2n) is 4.20. The Morgan fingerprint density at radius 2 is 1.90 bits per heavy atom. The molecule has 2 aromatic carbocycles. The lowest BCUT2D eigenvalue weighted by molar-refractivity contribution is 0.474. The van der Waals surface area contributed by atoms with Gasteiger partial charge < -0.3 is 5.11 Å². The summed E-state index contributed by atoms with van der Waals surface area (Å²) in [5.41, 5.74) is 3.57. The molecule has 3 nitrogen and oxygen atoms in total. The first kappa shape index (κ1) is 13.6. The van der Waals surface area contributed by atoms with Crippen molar-refractivity contribution in [2.45, 2.75) is 6.92 Å². The fourth-order valence-electron chi connectivity index (χ4n) is 1.97. The highest BCUT2D eigenvalue weighted by Gasteiger charge is 2.08. The van der Waals surface area contributed by atoms with E-state index in [0.717, 1.165) is 16.7 Å². The molecular weight excluding hydrogens is 248 g/mol. The van der Waals surface area contributed by atoms with Crippen LogP contribution in [0.25, 0.3) is 21.7 Å². The molecule has 0 amide bonds.